The Morgan fingerprint density at radius 1 is 1.33 bits per heavy atom. The predicted octanol–water partition coefficient (Wildman–Crippen LogP) is 2.47. The maximum atomic E-state index is 12.6. The van der Waals surface area contributed by atoms with Crippen LogP contribution in [0.4, 0.5) is 4.79 Å². The number of para-hydroxylation sites is 1. The number of nitrogens with zero attached hydrogens (tertiary/aromatic N) is 2. The summed E-state index contributed by atoms with van der Waals surface area (Å²) in [5.41, 5.74) is 0.142. The molecule has 2 aromatic rings. The third kappa shape index (κ3) is 2.72. The molecule has 3 rings (SSSR count). The van der Waals surface area contributed by atoms with E-state index in [0.29, 0.717) is 11.3 Å². The van der Waals surface area contributed by atoms with Gasteiger partial charge in [-0.3, -0.25) is 9.69 Å². The minimum Gasteiger partial charge on any atom is -0.490 e. The molecule has 7 heteroatoms. The van der Waals surface area contributed by atoms with E-state index in [-0.39, 0.29) is 19.1 Å². The largest absolute Gasteiger partial charge is 0.490 e. The number of urea groups is 1. The van der Waals surface area contributed by atoms with Crippen LogP contribution in [0.3, 0.4) is 0 Å². The van der Waals surface area contributed by atoms with Crippen molar-refractivity contribution in [3.05, 3.63) is 52.2 Å². The van der Waals surface area contributed by atoms with Gasteiger partial charge >= 0.3 is 6.03 Å². The normalized spacial score (nSPS) is 19.9. The number of carbonyl (C=O) groups excluding carboxylic acids is 2. The lowest BCUT2D eigenvalue weighted by molar-refractivity contribution is -0.131. The van der Waals surface area contributed by atoms with Crippen LogP contribution in [0, 0.1) is 11.3 Å². The summed E-state index contributed by atoms with van der Waals surface area (Å²) in [4.78, 5) is 25.9. The van der Waals surface area contributed by atoms with E-state index >= 15 is 0 Å². The Balaban J connectivity index is 1.67. The number of rotatable bonds is 5. The van der Waals surface area contributed by atoms with Gasteiger partial charge in [-0.25, -0.2) is 4.79 Å². The van der Waals surface area contributed by atoms with E-state index in [0.717, 1.165) is 10.5 Å². The van der Waals surface area contributed by atoms with E-state index < -0.39 is 11.6 Å². The lowest BCUT2D eigenvalue weighted by Crippen LogP contribution is -2.41. The first-order chi connectivity index (χ1) is 11.6. The highest BCUT2D eigenvalue weighted by molar-refractivity contribution is 7.08. The Kier molecular flexibility index (Phi) is 4.23. The van der Waals surface area contributed by atoms with Crippen LogP contribution in [0.2, 0.25) is 0 Å². The lowest BCUT2D eigenvalue weighted by Gasteiger charge is -2.20. The molecule has 0 radical (unpaired) electrons. The van der Waals surface area contributed by atoms with Crippen molar-refractivity contribution in [2.75, 3.05) is 13.2 Å². The second kappa shape index (κ2) is 6.34. The molecule has 24 heavy (non-hydrogen) atoms. The van der Waals surface area contributed by atoms with Crippen LogP contribution in [0.15, 0.2) is 41.1 Å². The quantitative estimate of drug-likeness (QED) is 0.847. The average molecular weight is 341 g/mol. The molecular weight excluding hydrogens is 326 g/mol. The first-order valence-electron chi connectivity index (χ1n) is 7.35. The van der Waals surface area contributed by atoms with Gasteiger partial charge in [-0.2, -0.15) is 16.6 Å². The Morgan fingerprint density at radius 2 is 2.12 bits per heavy atom. The van der Waals surface area contributed by atoms with Gasteiger partial charge in [0.2, 0.25) is 0 Å². The number of thiophene rings is 1. The maximum absolute atomic E-state index is 12.6. The van der Waals surface area contributed by atoms with Crippen LogP contribution in [-0.2, 0) is 10.3 Å². The second-order valence-corrected chi connectivity index (χ2v) is 6.26. The number of hydrogen-bond acceptors (Lipinski definition) is 5. The Morgan fingerprint density at radius 3 is 2.83 bits per heavy atom. The molecular formula is C17H15N3O3S. The molecule has 1 aromatic heterocycles. The Bertz CT molecular complexity index is 813. The van der Waals surface area contributed by atoms with E-state index in [2.05, 4.69) is 5.32 Å². The van der Waals surface area contributed by atoms with Crippen molar-refractivity contribution in [3.63, 3.8) is 0 Å². The van der Waals surface area contributed by atoms with E-state index in [1.807, 2.05) is 22.9 Å². The van der Waals surface area contributed by atoms with E-state index in [1.54, 1.807) is 31.2 Å². The SMILES string of the molecule is C[C@]1(c2ccsc2)NC(=O)N(CCOc2ccccc2C#N)C1=O. The van der Waals surface area contributed by atoms with E-state index in [4.69, 9.17) is 10.00 Å². The molecule has 0 aliphatic carbocycles. The number of benzene rings is 1. The standard InChI is InChI=1S/C17H15N3O3S/c1-17(13-6-9-24-11-13)15(21)20(16(22)19-17)7-8-23-14-5-3-2-4-12(14)10-18/h2-6,9,11H,7-8H2,1H3,(H,19,22)/t17-/m1/s1. The summed E-state index contributed by atoms with van der Waals surface area (Å²) in [6.45, 7) is 1.93. The molecule has 1 fully saturated rings. The highest BCUT2D eigenvalue weighted by Gasteiger charge is 2.48. The van der Waals surface area contributed by atoms with Gasteiger partial charge in [0.15, 0.2) is 0 Å². The van der Waals surface area contributed by atoms with E-state index in [1.165, 1.54) is 11.3 Å². The number of carbonyl (C=O) groups is 2. The van der Waals surface area contributed by atoms with Gasteiger partial charge in [0.05, 0.1) is 12.1 Å². The maximum Gasteiger partial charge on any atom is 0.325 e. The number of hydrogen-bond donors (Lipinski definition) is 1. The van der Waals surface area contributed by atoms with Crippen LogP contribution in [0.5, 0.6) is 5.75 Å². The van der Waals surface area contributed by atoms with Crippen molar-refractivity contribution in [3.8, 4) is 11.8 Å². The summed E-state index contributed by atoms with van der Waals surface area (Å²) in [6.07, 6.45) is 0. The summed E-state index contributed by atoms with van der Waals surface area (Å²) in [7, 11) is 0. The molecule has 0 unspecified atom stereocenters. The predicted molar refractivity (Wildman–Crippen MR) is 88.6 cm³/mol. The fourth-order valence-electron chi connectivity index (χ4n) is 2.58. The number of nitriles is 1. The molecule has 1 saturated heterocycles. The highest BCUT2D eigenvalue weighted by Crippen LogP contribution is 2.30. The van der Waals surface area contributed by atoms with Crippen molar-refractivity contribution >= 4 is 23.3 Å². The average Bonchev–Trinajstić information content (AvgIpc) is 3.19. The Hall–Kier alpha value is -2.85. The van der Waals surface area contributed by atoms with Crippen LogP contribution in [0.25, 0.3) is 0 Å². The summed E-state index contributed by atoms with van der Waals surface area (Å²) in [5.74, 6) is 0.135. The molecule has 1 aromatic carbocycles. The number of nitrogens with one attached hydrogen (secondary N) is 1. The van der Waals surface area contributed by atoms with Crippen LogP contribution >= 0.6 is 11.3 Å². The summed E-state index contributed by atoms with van der Waals surface area (Å²) >= 11 is 1.47. The molecule has 3 amide bonds. The Labute approximate surface area is 143 Å². The molecule has 6 nitrogen and oxygen atoms in total. The van der Waals surface area contributed by atoms with Crippen molar-refractivity contribution in [2.45, 2.75) is 12.5 Å². The van der Waals surface area contributed by atoms with Crippen molar-refractivity contribution in [1.29, 1.82) is 5.26 Å². The highest BCUT2D eigenvalue weighted by atomic mass is 32.1. The smallest absolute Gasteiger partial charge is 0.325 e. The molecule has 0 saturated carbocycles. The lowest BCUT2D eigenvalue weighted by atomic mass is 9.95. The molecule has 2 heterocycles. The fraction of sp³-hybridized carbons (Fsp3) is 0.235. The topological polar surface area (TPSA) is 82.4 Å². The fourth-order valence-corrected chi connectivity index (χ4v) is 3.34. The van der Waals surface area contributed by atoms with Gasteiger partial charge in [-0.15, -0.1) is 0 Å². The van der Waals surface area contributed by atoms with E-state index in [9.17, 15) is 9.59 Å². The summed E-state index contributed by atoms with van der Waals surface area (Å²) in [6, 6.07) is 10.3. The van der Waals surface area contributed by atoms with Gasteiger partial charge in [0.1, 0.15) is 24.0 Å². The molecule has 1 aliphatic heterocycles. The summed E-state index contributed by atoms with van der Waals surface area (Å²) in [5, 5.41) is 15.5. The first-order valence-corrected chi connectivity index (χ1v) is 8.29. The third-order valence-corrected chi connectivity index (χ3v) is 4.64. The van der Waals surface area contributed by atoms with Crippen LogP contribution in [0.1, 0.15) is 18.1 Å². The second-order valence-electron chi connectivity index (χ2n) is 5.48. The zero-order valence-electron chi connectivity index (χ0n) is 13.0. The molecule has 0 spiro atoms. The van der Waals surface area contributed by atoms with Crippen molar-refractivity contribution in [1.82, 2.24) is 10.2 Å². The van der Waals surface area contributed by atoms with Gasteiger partial charge in [0, 0.05) is 0 Å². The van der Waals surface area contributed by atoms with Gasteiger partial charge in [0.25, 0.3) is 5.91 Å². The number of imide groups is 1. The van der Waals surface area contributed by atoms with Crippen molar-refractivity contribution in [2.24, 2.45) is 0 Å². The zero-order chi connectivity index (χ0) is 17.2. The van der Waals surface area contributed by atoms with Gasteiger partial charge < -0.3 is 10.1 Å². The molecule has 1 N–H and O–H groups in total. The van der Waals surface area contributed by atoms with Gasteiger partial charge in [-0.1, -0.05) is 12.1 Å². The van der Waals surface area contributed by atoms with Crippen molar-refractivity contribution < 1.29 is 14.3 Å². The number of amides is 3. The minimum absolute atomic E-state index is 0.115. The monoisotopic (exact) mass is 341 g/mol. The number of ether oxygens (including phenoxy) is 1. The minimum atomic E-state index is -1.04. The first kappa shape index (κ1) is 16.0. The molecule has 122 valence electrons. The van der Waals surface area contributed by atoms with Crippen LogP contribution < -0.4 is 10.1 Å². The third-order valence-electron chi connectivity index (χ3n) is 3.95. The zero-order valence-corrected chi connectivity index (χ0v) is 13.8. The molecule has 1 atom stereocenters. The summed E-state index contributed by atoms with van der Waals surface area (Å²) < 4.78 is 5.55. The molecule has 0 bridgehead atoms. The molecule has 1 aliphatic rings. The van der Waals surface area contributed by atoms with Gasteiger partial charge in [-0.05, 0) is 41.4 Å². The van der Waals surface area contributed by atoms with Crippen LogP contribution in [-0.4, -0.2) is 30.0 Å².